The Bertz CT molecular complexity index is 877. The number of rotatable bonds is 3. The minimum atomic E-state index is -0.861. The average Bonchev–Trinajstić information content (AvgIpc) is 3.29. The van der Waals surface area contributed by atoms with Crippen LogP contribution in [0, 0.1) is 17.8 Å². The average molecular weight is 349 g/mol. The molecule has 0 radical (unpaired) electrons. The molecule has 0 spiro atoms. The molecule has 5 rings (SSSR count). The summed E-state index contributed by atoms with van der Waals surface area (Å²) in [5.41, 5.74) is 3.61. The van der Waals surface area contributed by atoms with Crippen molar-refractivity contribution in [3.05, 3.63) is 59.2 Å². The van der Waals surface area contributed by atoms with E-state index < -0.39 is 5.97 Å². The number of hydrogen-bond donors (Lipinski definition) is 2. The summed E-state index contributed by atoms with van der Waals surface area (Å²) in [6, 6.07) is 14.1. The lowest BCUT2D eigenvalue weighted by atomic mass is 9.67. The summed E-state index contributed by atoms with van der Waals surface area (Å²) in [7, 11) is 1.69. The number of hydrogen-bond acceptors (Lipinski definition) is 3. The Morgan fingerprint density at radius 3 is 2.77 bits per heavy atom. The lowest BCUT2D eigenvalue weighted by molar-refractivity contribution is 0.0697. The van der Waals surface area contributed by atoms with Crippen molar-refractivity contribution < 1.29 is 14.6 Å². The summed E-state index contributed by atoms with van der Waals surface area (Å²) < 4.78 is 5.43. The molecule has 2 aliphatic carbocycles. The first kappa shape index (κ1) is 15.7. The van der Waals surface area contributed by atoms with Gasteiger partial charge in [0.05, 0.1) is 24.4 Å². The number of carbonyl (C=O) groups is 1. The molecule has 2 bridgehead atoms. The van der Waals surface area contributed by atoms with E-state index in [2.05, 4.69) is 23.5 Å². The number of para-hydroxylation sites is 1. The van der Waals surface area contributed by atoms with Crippen LogP contribution < -0.4 is 10.1 Å². The molecule has 4 nitrogen and oxygen atoms in total. The van der Waals surface area contributed by atoms with Crippen LogP contribution in [-0.2, 0) is 0 Å². The molecule has 0 amide bonds. The summed E-state index contributed by atoms with van der Waals surface area (Å²) in [5, 5.41) is 13.3. The third kappa shape index (κ3) is 2.17. The Hall–Kier alpha value is -2.49. The number of methoxy groups -OCH3 is 1. The highest BCUT2D eigenvalue weighted by Gasteiger charge is 2.54. The molecule has 0 aromatic heterocycles. The number of carboxylic acids is 1. The first-order valence-corrected chi connectivity index (χ1v) is 9.44. The van der Waals surface area contributed by atoms with Gasteiger partial charge in [0, 0.05) is 0 Å². The topological polar surface area (TPSA) is 58.6 Å². The van der Waals surface area contributed by atoms with Crippen LogP contribution in [0.15, 0.2) is 42.5 Å². The summed E-state index contributed by atoms with van der Waals surface area (Å²) in [6.07, 6.45) is 3.84. The SMILES string of the molecule is COc1cccc([C@@H]2Nc3c(C(=O)O)cccc3[C@H]3[C@H]4CC[C@H](C4)[C@@H]32)c1. The first-order chi connectivity index (χ1) is 12.7. The molecule has 1 heterocycles. The molecule has 2 aromatic carbocycles. The van der Waals surface area contributed by atoms with E-state index in [1.807, 2.05) is 18.2 Å². The van der Waals surface area contributed by atoms with Gasteiger partial charge in [0.1, 0.15) is 5.75 Å². The van der Waals surface area contributed by atoms with Crippen molar-refractivity contribution in [1.82, 2.24) is 0 Å². The second kappa shape index (κ2) is 5.76. The zero-order valence-corrected chi connectivity index (χ0v) is 14.8. The van der Waals surface area contributed by atoms with Crippen molar-refractivity contribution in [3.8, 4) is 5.75 Å². The van der Waals surface area contributed by atoms with E-state index in [1.54, 1.807) is 13.2 Å². The maximum Gasteiger partial charge on any atom is 0.337 e. The molecular formula is C22H23NO3. The Morgan fingerprint density at radius 2 is 1.96 bits per heavy atom. The van der Waals surface area contributed by atoms with Crippen molar-refractivity contribution in [2.45, 2.75) is 31.2 Å². The Labute approximate surface area is 153 Å². The van der Waals surface area contributed by atoms with Crippen LogP contribution in [0.5, 0.6) is 5.75 Å². The van der Waals surface area contributed by atoms with E-state index in [0.29, 0.717) is 23.3 Å². The van der Waals surface area contributed by atoms with Crippen LogP contribution >= 0.6 is 0 Å². The monoisotopic (exact) mass is 349 g/mol. The third-order valence-corrected chi connectivity index (χ3v) is 6.80. The standard InChI is InChI=1S/C22H23NO3/c1-26-15-5-2-4-14(11-15)20-19-13-9-8-12(10-13)18(19)16-6-3-7-17(22(24)25)21(16)23-20/h2-7,11-13,18-20,23H,8-10H2,1H3,(H,24,25)/t12-,13+,18+,19-,20-/m0/s1. The number of ether oxygens (including phenoxy) is 1. The predicted octanol–water partition coefficient (Wildman–Crippen LogP) is 4.69. The van der Waals surface area contributed by atoms with Gasteiger partial charge in [-0.2, -0.15) is 0 Å². The number of anilines is 1. The fraction of sp³-hybridized carbons (Fsp3) is 0.409. The molecule has 2 N–H and O–H groups in total. The minimum Gasteiger partial charge on any atom is -0.497 e. The fourth-order valence-corrected chi connectivity index (χ4v) is 5.86. The van der Waals surface area contributed by atoms with Gasteiger partial charge in [-0.05, 0) is 72.3 Å². The molecule has 5 atom stereocenters. The van der Waals surface area contributed by atoms with E-state index in [0.717, 1.165) is 17.4 Å². The molecule has 3 aliphatic rings. The predicted molar refractivity (Wildman–Crippen MR) is 99.8 cm³/mol. The van der Waals surface area contributed by atoms with Gasteiger partial charge in [0.25, 0.3) is 0 Å². The number of aromatic carboxylic acids is 1. The summed E-state index contributed by atoms with van der Waals surface area (Å²) in [6.45, 7) is 0. The van der Waals surface area contributed by atoms with Crippen LogP contribution in [0.1, 0.15) is 52.7 Å². The highest BCUT2D eigenvalue weighted by atomic mass is 16.5. The quantitative estimate of drug-likeness (QED) is 0.844. The van der Waals surface area contributed by atoms with E-state index in [-0.39, 0.29) is 6.04 Å². The zero-order chi connectivity index (χ0) is 17.8. The molecule has 2 aromatic rings. The number of fused-ring (bicyclic) bond motifs is 7. The number of carboxylic acid groups (broad SMARTS) is 1. The largest absolute Gasteiger partial charge is 0.497 e. The lowest BCUT2D eigenvalue weighted by Crippen LogP contribution is -2.36. The van der Waals surface area contributed by atoms with E-state index in [1.165, 1.54) is 30.4 Å². The van der Waals surface area contributed by atoms with Crippen LogP contribution in [-0.4, -0.2) is 18.2 Å². The number of benzene rings is 2. The van der Waals surface area contributed by atoms with E-state index >= 15 is 0 Å². The maximum atomic E-state index is 11.8. The molecule has 1 aliphatic heterocycles. The van der Waals surface area contributed by atoms with Gasteiger partial charge in [-0.15, -0.1) is 0 Å². The molecule has 4 heteroatoms. The Kier molecular flexibility index (Phi) is 3.49. The molecule has 2 saturated carbocycles. The third-order valence-electron chi connectivity index (χ3n) is 6.80. The molecular weight excluding hydrogens is 326 g/mol. The van der Waals surface area contributed by atoms with Crippen molar-refractivity contribution in [2.75, 3.05) is 12.4 Å². The van der Waals surface area contributed by atoms with E-state index in [9.17, 15) is 9.90 Å². The number of nitrogens with one attached hydrogen (secondary N) is 1. The normalized spacial score (nSPS) is 31.0. The second-order valence-corrected chi connectivity index (χ2v) is 7.91. The van der Waals surface area contributed by atoms with Crippen molar-refractivity contribution in [1.29, 1.82) is 0 Å². The Morgan fingerprint density at radius 1 is 1.15 bits per heavy atom. The second-order valence-electron chi connectivity index (χ2n) is 7.91. The van der Waals surface area contributed by atoms with Gasteiger partial charge in [-0.1, -0.05) is 24.3 Å². The zero-order valence-electron chi connectivity index (χ0n) is 14.8. The van der Waals surface area contributed by atoms with Gasteiger partial charge in [0.2, 0.25) is 0 Å². The molecule has 134 valence electrons. The maximum absolute atomic E-state index is 11.8. The van der Waals surface area contributed by atoms with Crippen LogP contribution in [0.2, 0.25) is 0 Å². The van der Waals surface area contributed by atoms with Crippen molar-refractivity contribution in [3.63, 3.8) is 0 Å². The summed E-state index contributed by atoms with van der Waals surface area (Å²) >= 11 is 0. The minimum absolute atomic E-state index is 0.137. The van der Waals surface area contributed by atoms with Gasteiger partial charge in [0.15, 0.2) is 0 Å². The first-order valence-electron chi connectivity index (χ1n) is 9.44. The van der Waals surface area contributed by atoms with Gasteiger partial charge < -0.3 is 15.2 Å². The highest BCUT2D eigenvalue weighted by molar-refractivity contribution is 5.95. The fourth-order valence-electron chi connectivity index (χ4n) is 5.86. The lowest BCUT2D eigenvalue weighted by Gasteiger charge is -2.44. The summed E-state index contributed by atoms with van der Waals surface area (Å²) in [4.78, 5) is 11.8. The van der Waals surface area contributed by atoms with Crippen molar-refractivity contribution >= 4 is 11.7 Å². The smallest absolute Gasteiger partial charge is 0.337 e. The van der Waals surface area contributed by atoms with Gasteiger partial charge >= 0.3 is 5.97 Å². The van der Waals surface area contributed by atoms with Crippen LogP contribution in [0.4, 0.5) is 5.69 Å². The van der Waals surface area contributed by atoms with Crippen LogP contribution in [0.3, 0.4) is 0 Å². The van der Waals surface area contributed by atoms with Crippen LogP contribution in [0.25, 0.3) is 0 Å². The van der Waals surface area contributed by atoms with Gasteiger partial charge in [-0.3, -0.25) is 0 Å². The van der Waals surface area contributed by atoms with Crippen molar-refractivity contribution in [2.24, 2.45) is 17.8 Å². The molecule has 2 fully saturated rings. The highest BCUT2D eigenvalue weighted by Crippen LogP contribution is 2.64. The Balaban J connectivity index is 1.66. The molecule has 0 unspecified atom stereocenters. The molecule has 0 saturated heterocycles. The van der Waals surface area contributed by atoms with E-state index in [4.69, 9.17) is 4.74 Å². The summed E-state index contributed by atoms with van der Waals surface area (Å²) in [5.74, 6) is 2.37. The molecule has 26 heavy (non-hydrogen) atoms. The van der Waals surface area contributed by atoms with Gasteiger partial charge in [-0.25, -0.2) is 4.79 Å².